The van der Waals surface area contributed by atoms with Crippen molar-refractivity contribution in [3.8, 4) is 17.0 Å². The van der Waals surface area contributed by atoms with Crippen LogP contribution in [-0.2, 0) is 6.42 Å². The average molecular weight is 365 g/mol. The predicted octanol–water partition coefficient (Wildman–Crippen LogP) is 4.88. The number of pyridine rings is 1. The molecule has 5 heteroatoms. The van der Waals surface area contributed by atoms with Crippen molar-refractivity contribution in [2.75, 3.05) is 6.61 Å². The third-order valence-corrected chi connectivity index (χ3v) is 4.24. The highest BCUT2D eigenvalue weighted by atomic mass is 19.1. The number of carbonyl (C=O) groups is 1. The fourth-order valence-corrected chi connectivity index (χ4v) is 2.91. The molecule has 0 radical (unpaired) electrons. The van der Waals surface area contributed by atoms with E-state index in [9.17, 15) is 14.3 Å². The Bertz CT molecular complexity index is 968. The van der Waals surface area contributed by atoms with Crippen LogP contribution < -0.4 is 4.74 Å². The molecule has 2 aromatic carbocycles. The molecule has 4 nitrogen and oxygen atoms in total. The smallest absolute Gasteiger partial charge is 0.335 e. The standard InChI is InChI=1S/C22H20FNO3/c1-3-27-17-7-8-20(23)19(12-17)21-9-5-15(13-24-21)11-16-6-4-14(2)10-18(16)22(25)26/h4-10,12-13H,3,11H2,1-2H3,(H,25,26). The Morgan fingerprint density at radius 3 is 2.63 bits per heavy atom. The number of hydrogen-bond donors (Lipinski definition) is 1. The van der Waals surface area contributed by atoms with Crippen LogP contribution in [0.25, 0.3) is 11.3 Å². The van der Waals surface area contributed by atoms with Gasteiger partial charge in [-0.3, -0.25) is 4.98 Å². The van der Waals surface area contributed by atoms with Crippen LogP contribution in [0.4, 0.5) is 4.39 Å². The van der Waals surface area contributed by atoms with Gasteiger partial charge in [-0.25, -0.2) is 9.18 Å². The Kier molecular flexibility index (Phi) is 5.50. The van der Waals surface area contributed by atoms with Crippen molar-refractivity contribution in [2.24, 2.45) is 0 Å². The molecule has 0 amide bonds. The summed E-state index contributed by atoms with van der Waals surface area (Å²) in [6.45, 7) is 4.23. The molecule has 0 fully saturated rings. The van der Waals surface area contributed by atoms with Gasteiger partial charge in [-0.2, -0.15) is 0 Å². The quantitative estimate of drug-likeness (QED) is 0.676. The molecule has 27 heavy (non-hydrogen) atoms. The van der Waals surface area contributed by atoms with E-state index in [1.165, 1.54) is 6.07 Å². The predicted molar refractivity (Wildman–Crippen MR) is 102 cm³/mol. The Morgan fingerprint density at radius 2 is 1.96 bits per heavy atom. The molecular weight excluding hydrogens is 345 g/mol. The highest BCUT2D eigenvalue weighted by Crippen LogP contribution is 2.26. The van der Waals surface area contributed by atoms with E-state index in [1.54, 1.807) is 30.5 Å². The van der Waals surface area contributed by atoms with Crippen LogP contribution in [-0.4, -0.2) is 22.7 Å². The van der Waals surface area contributed by atoms with Gasteiger partial charge in [-0.15, -0.1) is 0 Å². The van der Waals surface area contributed by atoms with E-state index in [1.807, 2.05) is 32.0 Å². The van der Waals surface area contributed by atoms with E-state index in [0.717, 1.165) is 11.1 Å². The van der Waals surface area contributed by atoms with Crippen molar-refractivity contribution in [1.29, 1.82) is 0 Å². The minimum Gasteiger partial charge on any atom is -0.494 e. The van der Waals surface area contributed by atoms with Gasteiger partial charge in [0, 0.05) is 11.8 Å². The lowest BCUT2D eigenvalue weighted by Crippen LogP contribution is -2.04. The van der Waals surface area contributed by atoms with Crippen LogP contribution >= 0.6 is 0 Å². The second-order valence-corrected chi connectivity index (χ2v) is 6.27. The van der Waals surface area contributed by atoms with E-state index >= 15 is 0 Å². The van der Waals surface area contributed by atoms with Gasteiger partial charge in [0.05, 0.1) is 17.9 Å². The molecule has 0 saturated carbocycles. The Balaban J connectivity index is 1.87. The minimum atomic E-state index is -0.951. The lowest BCUT2D eigenvalue weighted by molar-refractivity contribution is 0.0695. The zero-order valence-corrected chi connectivity index (χ0v) is 15.2. The van der Waals surface area contributed by atoms with Gasteiger partial charge in [0.25, 0.3) is 0 Å². The average Bonchev–Trinajstić information content (AvgIpc) is 2.65. The van der Waals surface area contributed by atoms with Gasteiger partial charge in [-0.05, 0) is 61.7 Å². The van der Waals surface area contributed by atoms with Crippen molar-refractivity contribution in [3.05, 3.63) is 82.8 Å². The summed E-state index contributed by atoms with van der Waals surface area (Å²) in [4.78, 5) is 15.8. The summed E-state index contributed by atoms with van der Waals surface area (Å²) in [5, 5.41) is 9.39. The number of nitrogens with zero attached hydrogens (tertiary/aromatic N) is 1. The second-order valence-electron chi connectivity index (χ2n) is 6.27. The number of hydrogen-bond acceptors (Lipinski definition) is 3. The van der Waals surface area contributed by atoms with Gasteiger partial charge < -0.3 is 9.84 Å². The molecule has 0 aliphatic rings. The maximum Gasteiger partial charge on any atom is 0.335 e. The fourth-order valence-electron chi connectivity index (χ4n) is 2.91. The Labute approximate surface area is 157 Å². The van der Waals surface area contributed by atoms with E-state index < -0.39 is 5.97 Å². The van der Waals surface area contributed by atoms with Crippen LogP contribution in [0.2, 0.25) is 0 Å². The SMILES string of the molecule is CCOc1ccc(F)c(-c2ccc(Cc3ccc(C)cc3C(=O)O)cn2)c1. The van der Waals surface area contributed by atoms with Gasteiger partial charge in [0.15, 0.2) is 0 Å². The summed E-state index contributed by atoms with van der Waals surface area (Å²) in [6.07, 6.45) is 2.09. The van der Waals surface area contributed by atoms with E-state index in [2.05, 4.69) is 4.98 Å². The first kappa shape index (κ1) is 18.6. The summed E-state index contributed by atoms with van der Waals surface area (Å²) in [5.41, 5.74) is 3.62. The molecule has 0 bridgehead atoms. The van der Waals surface area contributed by atoms with Crippen LogP contribution in [0.3, 0.4) is 0 Å². The zero-order chi connectivity index (χ0) is 19.4. The highest BCUT2D eigenvalue weighted by Gasteiger charge is 2.12. The minimum absolute atomic E-state index is 0.287. The molecule has 3 rings (SSSR count). The first-order chi connectivity index (χ1) is 13.0. The third-order valence-electron chi connectivity index (χ3n) is 4.24. The third kappa shape index (κ3) is 4.31. The molecule has 0 saturated heterocycles. The molecule has 1 N–H and O–H groups in total. The maximum atomic E-state index is 14.2. The van der Waals surface area contributed by atoms with Gasteiger partial charge in [0.2, 0.25) is 0 Å². The number of aromatic carboxylic acids is 1. The molecule has 0 aliphatic heterocycles. The molecule has 0 aliphatic carbocycles. The van der Waals surface area contributed by atoms with Gasteiger partial charge in [0.1, 0.15) is 11.6 Å². The first-order valence-electron chi connectivity index (χ1n) is 8.68. The monoisotopic (exact) mass is 365 g/mol. The van der Waals surface area contributed by atoms with Crippen molar-refractivity contribution in [2.45, 2.75) is 20.3 Å². The number of ether oxygens (including phenoxy) is 1. The lowest BCUT2D eigenvalue weighted by atomic mass is 9.98. The number of carboxylic acids is 1. The number of aromatic nitrogens is 1. The summed E-state index contributed by atoms with van der Waals surface area (Å²) in [6, 6.07) is 13.5. The summed E-state index contributed by atoms with van der Waals surface area (Å²) in [5.74, 6) is -0.732. The van der Waals surface area contributed by atoms with Crippen molar-refractivity contribution >= 4 is 5.97 Å². The molecule has 0 spiro atoms. The van der Waals surface area contributed by atoms with E-state index in [0.29, 0.717) is 35.6 Å². The number of benzene rings is 2. The zero-order valence-electron chi connectivity index (χ0n) is 15.2. The second kappa shape index (κ2) is 7.99. The van der Waals surface area contributed by atoms with Gasteiger partial charge in [-0.1, -0.05) is 23.8 Å². The van der Waals surface area contributed by atoms with Crippen LogP contribution in [0.5, 0.6) is 5.75 Å². The summed E-state index contributed by atoms with van der Waals surface area (Å²) >= 11 is 0. The number of rotatable bonds is 6. The molecule has 0 unspecified atom stereocenters. The number of aryl methyl sites for hydroxylation is 1. The molecule has 3 aromatic rings. The molecule has 1 aromatic heterocycles. The topological polar surface area (TPSA) is 59.4 Å². The summed E-state index contributed by atoms with van der Waals surface area (Å²) < 4.78 is 19.6. The molecule has 138 valence electrons. The summed E-state index contributed by atoms with van der Waals surface area (Å²) in [7, 11) is 0. The van der Waals surface area contributed by atoms with Crippen molar-refractivity contribution < 1.29 is 19.0 Å². The largest absolute Gasteiger partial charge is 0.494 e. The fraction of sp³-hybridized carbons (Fsp3) is 0.182. The van der Waals surface area contributed by atoms with Crippen LogP contribution in [0, 0.1) is 12.7 Å². The maximum absolute atomic E-state index is 14.2. The van der Waals surface area contributed by atoms with E-state index in [4.69, 9.17) is 4.74 Å². The van der Waals surface area contributed by atoms with Crippen molar-refractivity contribution in [1.82, 2.24) is 4.98 Å². The van der Waals surface area contributed by atoms with E-state index in [-0.39, 0.29) is 11.4 Å². The number of carboxylic acid groups (broad SMARTS) is 1. The highest BCUT2D eigenvalue weighted by molar-refractivity contribution is 5.89. The normalized spacial score (nSPS) is 10.6. The molecule has 1 heterocycles. The Hall–Kier alpha value is -3.21. The molecule has 0 atom stereocenters. The van der Waals surface area contributed by atoms with Gasteiger partial charge >= 0.3 is 5.97 Å². The van der Waals surface area contributed by atoms with Crippen molar-refractivity contribution in [3.63, 3.8) is 0 Å². The number of halogens is 1. The Morgan fingerprint density at radius 1 is 1.15 bits per heavy atom. The van der Waals surface area contributed by atoms with Crippen LogP contribution in [0.1, 0.15) is 34.0 Å². The first-order valence-corrected chi connectivity index (χ1v) is 8.68. The molecular formula is C22H20FNO3. The lowest BCUT2D eigenvalue weighted by Gasteiger charge is -2.09. The van der Waals surface area contributed by atoms with Crippen LogP contribution in [0.15, 0.2) is 54.7 Å².